The summed E-state index contributed by atoms with van der Waals surface area (Å²) in [6.07, 6.45) is 4.00. The summed E-state index contributed by atoms with van der Waals surface area (Å²) in [6, 6.07) is 0. The van der Waals surface area contributed by atoms with Gasteiger partial charge in [-0.1, -0.05) is 20.3 Å². The third-order valence-electron chi connectivity index (χ3n) is 3.15. The van der Waals surface area contributed by atoms with Crippen molar-refractivity contribution in [2.45, 2.75) is 52.0 Å². The van der Waals surface area contributed by atoms with Gasteiger partial charge in [-0.2, -0.15) is 0 Å². The summed E-state index contributed by atoms with van der Waals surface area (Å²) < 4.78 is 0. The van der Waals surface area contributed by atoms with Gasteiger partial charge in [-0.3, -0.25) is 4.79 Å². The van der Waals surface area contributed by atoms with Crippen LogP contribution in [0.5, 0.6) is 0 Å². The number of likely N-dealkylation sites (N-methyl/N-ethyl adjacent to an activating group) is 1. The van der Waals surface area contributed by atoms with Crippen molar-refractivity contribution in [2.24, 2.45) is 0 Å². The molecule has 0 aliphatic carbocycles. The van der Waals surface area contributed by atoms with E-state index in [0.29, 0.717) is 13.0 Å². The number of aliphatic carboxylic acids is 1. The number of nitrogens with one attached hydrogen (secondary N) is 1. The zero-order chi connectivity index (χ0) is 13.3. The second-order valence-electron chi connectivity index (χ2n) is 4.93. The summed E-state index contributed by atoms with van der Waals surface area (Å²) >= 11 is 0. The van der Waals surface area contributed by atoms with Crippen molar-refractivity contribution in [3.8, 4) is 0 Å². The summed E-state index contributed by atoms with van der Waals surface area (Å²) in [5.41, 5.74) is -0.777. The van der Waals surface area contributed by atoms with Crippen LogP contribution < -0.4 is 5.32 Å². The molecule has 0 heterocycles. The predicted molar refractivity (Wildman–Crippen MR) is 71.4 cm³/mol. The molecule has 0 aromatic carbocycles. The van der Waals surface area contributed by atoms with Crippen LogP contribution in [0.1, 0.15) is 46.5 Å². The summed E-state index contributed by atoms with van der Waals surface area (Å²) in [4.78, 5) is 13.5. The third-order valence-corrected chi connectivity index (χ3v) is 3.15. The van der Waals surface area contributed by atoms with Crippen LogP contribution in [-0.4, -0.2) is 48.2 Å². The first-order valence-corrected chi connectivity index (χ1v) is 6.63. The fourth-order valence-corrected chi connectivity index (χ4v) is 1.90. The van der Waals surface area contributed by atoms with Crippen molar-refractivity contribution in [1.29, 1.82) is 0 Å². The number of carbonyl (C=O) groups is 1. The van der Waals surface area contributed by atoms with Crippen LogP contribution >= 0.6 is 0 Å². The first-order chi connectivity index (χ1) is 7.96. The lowest BCUT2D eigenvalue weighted by Crippen LogP contribution is -2.49. The Labute approximate surface area is 105 Å². The molecule has 0 aliphatic rings. The first-order valence-electron chi connectivity index (χ1n) is 6.63. The SMILES string of the molecule is CCCCN(C)CCCC(C)(NCC)C(=O)O. The number of unbranched alkanes of at least 4 members (excludes halogenated alkanes) is 1. The van der Waals surface area contributed by atoms with Crippen LogP contribution in [0.2, 0.25) is 0 Å². The minimum Gasteiger partial charge on any atom is -0.480 e. The number of rotatable bonds is 10. The van der Waals surface area contributed by atoms with E-state index in [1.165, 1.54) is 12.8 Å². The maximum atomic E-state index is 11.2. The molecule has 0 radical (unpaired) electrons. The summed E-state index contributed by atoms with van der Waals surface area (Å²) in [5.74, 6) is -0.754. The molecule has 17 heavy (non-hydrogen) atoms. The highest BCUT2D eigenvalue weighted by atomic mass is 16.4. The van der Waals surface area contributed by atoms with Gasteiger partial charge >= 0.3 is 5.97 Å². The predicted octanol–water partition coefficient (Wildman–Crippen LogP) is 1.95. The zero-order valence-electron chi connectivity index (χ0n) is 11.8. The van der Waals surface area contributed by atoms with Crippen molar-refractivity contribution in [3.05, 3.63) is 0 Å². The summed E-state index contributed by atoms with van der Waals surface area (Å²) in [5, 5.41) is 12.3. The highest BCUT2D eigenvalue weighted by molar-refractivity contribution is 5.78. The Morgan fingerprint density at radius 1 is 1.29 bits per heavy atom. The lowest BCUT2D eigenvalue weighted by Gasteiger charge is -2.26. The van der Waals surface area contributed by atoms with Crippen molar-refractivity contribution >= 4 is 5.97 Å². The molecule has 0 rings (SSSR count). The van der Waals surface area contributed by atoms with Gasteiger partial charge < -0.3 is 15.3 Å². The zero-order valence-corrected chi connectivity index (χ0v) is 11.8. The quantitative estimate of drug-likeness (QED) is 0.617. The van der Waals surface area contributed by atoms with E-state index in [0.717, 1.165) is 19.5 Å². The lowest BCUT2D eigenvalue weighted by molar-refractivity contribution is -0.144. The molecular formula is C13H28N2O2. The Morgan fingerprint density at radius 2 is 1.88 bits per heavy atom. The Balaban J connectivity index is 3.94. The highest BCUT2D eigenvalue weighted by Gasteiger charge is 2.31. The number of hydrogen-bond donors (Lipinski definition) is 2. The standard InChI is InChI=1S/C13H28N2O2/c1-5-7-10-15(4)11-8-9-13(3,12(16)17)14-6-2/h14H,5-11H2,1-4H3,(H,16,17). The highest BCUT2D eigenvalue weighted by Crippen LogP contribution is 2.13. The second kappa shape index (κ2) is 8.48. The van der Waals surface area contributed by atoms with E-state index >= 15 is 0 Å². The molecule has 2 N–H and O–H groups in total. The van der Waals surface area contributed by atoms with E-state index < -0.39 is 11.5 Å². The molecule has 0 aromatic heterocycles. The van der Waals surface area contributed by atoms with Crippen LogP contribution in [0.25, 0.3) is 0 Å². The van der Waals surface area contributed by atoms with Gasteiger partial charge in [0, 0.05) is 0 Å². The van der Waals surface area contributed by atoms with E-state index in [1.54, 1.807) is 6.92 Å². The van der Waals surface area contributed by atoms with Gasteiger partial charge in [-0.05, 0) is 52.9 Å². The van der Waals surface area contributed by atoms with Crippen molar-refractivity contribution < 1.29 is 9.90 Å². The van der Waals surface area contributed by atoms with Crippen LogP contribution in [0.3, 0.4) is 0 Å². The molecule has 0 aliphatic heterocycles. The Morgan fingerprint density at radius 3 is 2.35 bits per heavy atom. The second-order valence-corrected chi connectivity index (χ2v) is 4.93. The molecule has 0 saturated carbocycles. The van der Waals surface area contributed by atoms with E-state index in [1.807, 2.05) is 6.92 Å². The number of nitrogens with zero attached hydrogens (tertiary/aromatic N) is 1. The van der Waals surface area contributed by atoms with Gasteiger partial charge in [-0.25, -0.2) is 0 Å². The smallest absolute Gasteiger partial charge is 0.323 e. The van der Waals surface area contributed by atoms with Crippen LogP contribution in [0.4, 0.5) is 0 Å². The molecule has 4 nitrogen and oxygen atoms in total. The topological polar surface area (TPSA) is 52.6 Å². The van der Waals surface area contributed by atoms with Gasteiger partial charge in [0.15, 0.2) is 0 Å². The van der Waals surface area contributed by atoms with Crippen LogP contribution in [0, 0.1) is 0 Å². The molecule has 4 heteroatoms. The molecule has 102 valence electrons. The average molecular weight is 244 g/mol. The fraction of sp³-hybridized carbons (Fsp3) is 0.923. The molecule has 0 aromatic rings. The molecule has 1 unspecified atom stereocenters. The van der Waals surface area contributed by atoms with Gasteiger partial charge in [0.2, 0.25) is 0 Å². The normalized spacial score (nSPS) is 14.9. The van der Waals surface area contributed by atoms with Gasteiger partial charge in [0.1, 0.15) is 5.54 Å². The maximum Gasteiger partial charge on any atom is 0.323 e. The van der Waals surface area contributed by atoms with E-state index in [9.17, 15) is 9.90 Å². The van der Waals surface area contributed by atoms with Crippen molar-refractivity contribution in [3.63, 3.8) is 0 Å². The first kappa shape index (κ1) is 16.4. The fourth-order valence-electron chi connectivity index (χ4n) is 1.90. The van der Waals surface area contributed by atoms with E-state index in [2.05, 4.69) is 24.2 Å². The number of hydrogen-bond acceptors (Lipinski definition) is 3. The minimum absolute atomic E-state index is 0.673. The molecule has 0 fully saturated rings. The number of carboxylic acid groups (broad SMARTS) is 1. The Kier molecular flexibility index (Phi) is 8.17. The minimum atomic E-state index is -0.777. The summed E-state index contributed by atoms with van der Waals surface area (Å²) in [7, 11) is 2.10. The van der Waals surface area contributed by atoms with Crippen molar-refractivity contribution in [2.75, 3.05) is 26.7 Å². The van der Waals surface area contributed by atoms with Gasteiger partial charge in [0.25, 0.3) is 0 Å². The molecule has 0 spiro atoms. The Hall–Kier alpha value is -0.610. The maximum absolute atomic E-state index is 11.2. The van der Waals surface area contributed by atoms with Crippen LogP contribution in [-0.2, 0) is 4.79 Å². The molecular weight excluding hydrogens is 216 g/mol. The van der Waals surface area contributed by atoms with Gasteiger partial charge in [-0.15, -0.1) is 0 Å². The Bertz CT molecular complexity index is 221. The number of carboxylic acids is 1. The molecule has 0 bridgehead atoms. The largest absolute Gasteiger partial charge is 0.480 e. The third kappa shape index (κ3) is 6.64. The molecule has 0 saturated heterocycles. The van der Waals surface area contributed by atoms with E-state index in [-0.39, 0.29) is 0 Å². The average Bonchev–Trinajstić information content (AvgIpc) is 2.26. The van der Waals surface area contributed by atoms with Crippen molar-refractivity contribution in [1.82, 2.24) is 10.2 Å². The van der Waals surface area contributed by atoms with Gasteiger partial charge in [0.05, 0.1) is 0 Å². The molecule has 1 atom stereocenters. The monoisotopic (exact) mass is 244 g/mol. The van der Waals surface area contributed by atoms with Crippen LogP contribution in [0.15, 0.2) is 0 Å². The van der Waals surface area contributed by atoms with E-state index in [4.69, 9.17) is 0 Å². The summed E-state index contributed by atoms with van der Waals surface area (Å²) in [6.45, 7) is 8.64. The lowest BCUT2D eigenvalue weighted by atomic mass is 9.95. The molecule has 0 amide bonds.